The Kier molecular flexibility index (Phi) is 2.62. The number of hydrogen-bond donors (Lipinski definition) is 0. The van der Waals surface area contributed by atoms with Crippen LogP contribution in [-0.2, 0) is 12.2 Å². The topological polar surface area (TPSA) is 12.9 Å². The van der Waals surface area contributed by atoms with Crippen LogP contribution in [-0.4, -0.2) is 4.98 Å². The number of fused-ring (bicyclic) bond motifs is 2. The molecular formula is C13H10ClNS. The second-order valence-corrected chi connectivity index (χ2v) is 5.28. The SMILES string of the molecule is Clc1ccc2c(c1)SCc1cccnc1C2. The minimum atomic E-state index is 0.810. The summed E-state index contributed by atoms with van der Waals surface area (Å²) in [6, 6.07) is 10.3. The molecule has 1 aromatic heterocycles. The highest BCUT2D eigenvalue weighted by Gasteiger charge is 2.14. The average molecular weight is 248 g/mol. The van der Waals surface area contributed by atoms with Crippen molar-refractivity contribution in [2.75, 3.05) is 0 Å². The maximum absolute atomic E-state index is 6.01. The minimum absolute atomic E-state index is 0.810. The molecule has 1 nitrogen and oxygen atoms in total. The summed E-state index contributed by atoms with van der Waals surface area (Å²) in [7, 11) is 0. The van der Waals surface area contributed by atoms with E-state index in [1.165, 1.54) is 21.7 Å². The van der Waals surface area contributed by atoms with Crippen LogP contribution in [0.3, 0.4) is 0 Å². The van der Waals surface area contributed by atoms with Gasteiger partial charge >= 0.3 is 0 Å². The molecule has 0 fully saturated rings. The lowest BCUT2D eigenvalue weighted by atomic mass is 10.1. The van der Waals surface area contributed by atoms with Gasteiger partial charge in [-0.1, -0.05) is 23.7 Å². The number of rotatable bonds is 0. The molecule has 1 aromatic carbocycles. The number of benzene rings is 1. The van der Waals surface area contributed by atoms with Gasteiger partial charge in [-0.15, -0.1) is 11.8 Å². The summed E-state index contributed by atoms with van der Waals surface area (Å²) in [5, 5.41) is 0.810. The molecule has 2 heterocycles. The van der Waals surface area contributed by atoms with Crippen molar-refractivity contribution in [1.82, 2.24) is 4.98 Å². The van der Waals surface area contributed by atoms with E-state index in [0.717, 1.165) is 17.2 Å². The molecule has 0 spiro atoms. The average Bonchev–Trinajstić information content (AvgIpc) is 2.48. The van der Waals surface area contributed by atoms with Crippen LogP contribution in [0.15, 0.2) is 41.4 Å². The predicted octanol–water partition coefficient (Wildman–Crippen LogP) is 3.93. The summed E-state index contributed by atoms with van der Waals surface area (Å²) in [4.78, 5) is 5.74. The van der Waals surface area contributed by atoms with E-state index in [0.29, 0.717) is 0 Å². The van der Waals surface area contributed by atoms with Crippen LogP contribution in [0, 0.1) is 0 Å². The van der Waals surface area contributed by atoms with E-state index in [2.05, 4.69) is 17.1 Å². The van der Waals surface area contributed by atoms with Gasteiger partial charge in [0.25, 0.3) is 0 Å². The van der Waals surface area contributed by atoms with Crippen molar-refractivity contribution >= 4 is 23.4 Å². The summed E-state index contributed by atoms with van der Waals surface area (Å²) in [5.74, 6) is 0.983. The molecule has 0 atom stereocenters. The van der Waals surface area contributed by atoms with Gasteiger partial charge in [-0.25, -0.2) is 0 Å². The quantitative estimate of drug-likeness (QED) is 0.700. The molecular weight excluding hydrogens is 238 g/mol. The molecule has 80 valence electrons. The molecule has 0 amide bonds. The van der Waals surface area contributed by atoms with Crippen LogP contribution in [0.2, 0.25) is 5.02 Å². The third kappa shape index (κ3) is 1.83. The summed E-state index contributed by atoms with van der Waals surface area (Å²) < 4.78 is 0. The number of pyridine rings is 1. The number of thioether (sulfide) groups is 1. The summed E-state index contributed by atoms with van der Waals surface area (Å²) >= 11 is 7.85. The summed E-state index contributed by atoms with van der Waals surface area (Å²) in [6.07, 6.45) is 2.78. The summed E-state index contributed by atoms with van der Waals surface area (Å²) in [5.41, 5.74) is 3.85. The van der Waals surface area contributed by atoms with Gasteiger partial charge in [-0.3, -0.25) is 4.98 Å². The van der Waals surface area contributed by atoms with Crippen LogP contribution in [0.4, 0.5) is 0 Å². The molecule has 1 aliphatic rings. The minimum Gasteiger partial charge on any atom is -0.261 e. The molecule has 0 unspecified atom stereocenters. The Morgan fingerprint density at radius 2 is 2.12 bits per heavy atom. The van der Waals surface area contributed by atoms with Crippen molar-refractivity contribution in [2.45, 2.75) is 17.1 Å². The van der Waals surface area contributed by atoms with E-state index in [1.807, 2.05) is 36.2 Å². The zero-order valence-corrected chi connectivity index (χ0v) is 10.2. The third-order valence-corrected chi connectivity index (χ3v) is 4.14. The van der Waals surface area contributed by atoms with E-state index in [1.54, 1.807) is 0 Å². The van der Waals surface area contributed by atoms with E-state index in [9.17, 15) is 0 Å². The molecule has 0 aliphatic carbocycles. The molecule has 3 rings (SSSR count). The monoisotopic (exact) mass is 247 g/mol. The van der Waals surface area contributed by atoms with Crippen LogP contribution >= 0.6 is 23.4 Å². The fraction of sp³-hybridized carbons (Fsp3) is 0.154. The Balaban J connectivity index is 2.08. The smallest absolute Gasteiger partial charge is 0.0488 e. The zero-order chi connectivity index (χ0) is 11.0. The van der Waals surface area contributed by atoms with Crippen LogP contribution in [0.5, 0.6) is 0 Å². The number of nitrogens with zero attached hydrogens (tertiary/aromatic N) is 1. The lowest BCUT2D eigenvalue weighted by Crippen LogP contribution is -1.95. The number of hydrogen-bond acceptors (Lipinski definition) is 2. The first-order chi connectivity index (χ1) is 7.83. The molecule has 16 heavy (non-hydrogen) atoms. The largest absolute Gasteiger partial charge is 0.261 e. The van der Waals surface area contributed by atoms with Gasteiger partial charge in [0.15, 0.2) is 0 Å². The Bertz CT molecular complexity index is 539. The highest BCUT2D eigenvalue weighted by atomic mass is 35.5. The van der Waals surface area contributed by atoms with Gasteiger partial charge in [0.1, 0.15) is 0 Å². The molecule has 0 N–H and O–H groups in total. The van der Waals surface area contributed by atoms with Gasteiger partial charge in [0, 0.05) is 34.0 Å². The van der Waals surface area contributed by atoms with Crippen LogP contribution in [0.1, 0.15) is 16.8 Å². The maximum atomic E-state index is 6.01. The second-order valence-electron chi connectivity index (χ2n) is 3.83. The highest BCUT2D eigenvalue weighted by Crippen LogP contribution is 2.34. The first kappa shape index (κ1) is 10.2. The maximum Gasteiger partial charge on any atom is 0.0488 e. The van der Waals surface area contributed by atoms with Gasteiger partial charge in [0.05, 0.1) is 0 Å². The van der Waals surface area contributed by atoms with Gasteiger partial charge < -0.3 is 0 Å². The zero-order valence-electron chi connectivity index (χ0n) is 8.61. The fourth-order valence-electron chi connectivity index (χ4n) is 1.91. The van der Waals surface area contributed by atoms with Gasteiger partial charge in [-0.05, 0) is 29.3 Å². The Hall–Kier alpha value is -0.990. The normalized spacial score (nSPS) is 13.8. The third-order valence-electron chi connectivity index (χ3n) is 2.75. The van der Waals surface area contributed by atoms with E-state index in [-0.39, 0.29) is 0 Å². The number of halogens is 1. The number of aromatic nitrogens is 1. The Morgan fingerprint density at radius 1 is 1.19 bits per heavy atom. The highest BCUT2D eigenvalue weighted by molar-refractivity contribution is 7.98. The van der Waals surface area contributed by atoms with E-state index < -0.39 is 0 Å². The molecule has 3 heteroatoms. The lowest BCUT2D eigenvalue weighted by molar-refractivity contribution is 1.03. The van der Waals surface area contributed by atoms with Crippen molar-refractivity contribution < 1.29 is 0 Å². The first-order valence-electron chi connectivity index (χ1n) is 5.17. The molecule has 0 saturated carbocycles. The van der Waals surface area contributed by atoms with Crippen molar-refractivity contribution in [3.05, 3.63) is 58.4 Å². The summed E-state index contributed by atoms with van der Waals surface area (Å²) in [6.45, 7) is 0. The van der Waals surface area contributed by atoms with E-state index >= 15 is 0 Å². The van der Waals surface area contributed by atoms with Crippen molar-refractivity contribution in [3.63, 3.8) is 0 Å². The molecule has 0 radical (unpaired) electrons. The standard InChI is InChI=1S/C13H10ClNS/c14-11-4-3-9-6-12-10(2-1-5-15-12)8-16-13(9)7-11/h1-5,7H,6,8H2. The van der Waals surface area contributed by atoms with E-state index in [4.69, 9.17) is 11.6 Å². The molecule has 1 aliphatic heterocycles. The van der Waals surface area contributed by atoms with Crippen molar-refractivity contribution in [1.29, 1.82) is 0 Å². The molecule has 0 saturated heterocycles. The Labute approximate surface area is 104 Å². The van der Waals surface area contributed by atoms with Gasteiger partial charge in [-0.2, -0.15) is 0 Å². The Morgan fingerprint density at radius 3 is 3.06 bits per heavy atom. The molecule has 0 bridgehead atoms. The van der Waals surface area contributed by atoms with Crippen LogP contribution in [0.25, 0.3) is 0 Å². The van der Waals surface area contributed by atoms with Gasteiger partial charge in [0.2, 0.25) is 0 Å². The fourth-order valence-corrected chi connectivity index (χ4v) is 3.25. The lowest BCUT2D eigenvalue weighted by Gasteiger charge is -2.04. The molecule has 2 aromatic rings. The van der Waals surface area contributed by atoms with Crippen LogP contribution < -0.4 is 0 Å². The predicted molar refractivity (Wildman–Crippen MR) is 68.1 cm³/mol. The van der Waals surface area contributed by atoms with Crippen molar-refractivity contribution in [2.24, 2.45) is 0 Å². The van der Waals surface area contributed by atoms with Crippen molar-refractivity contribution in [3.8, 4) is 0 Å². The second kappa shape index (κ2) is 4.11. The first-order valence-corrected chi connectivity index (χ1v) is 6.53.